The molecule has 0 fully saturated rings. The SMILES string of the molecule is Cc1cc(CNC(=O)c2nc3n(c(=O)c2O)[C@H](C)COC[C@H]3N(C)C(=O)C(=O)N(C)C)ccc1F. The van der Waals surface area contributed by atoms with Crippen molar-refractivity contribution in [2.24, 2.45) is 0 Å². The molecule has 2 heterocycles. The molecule has 1 aromatic heterocycles. The zero-order valence-corrected chi connectivity index (χ0v) is 20.2. The maximum Gasteiger partial charge on any atom is 0.312 e. The quantitative estimate of drug-likeness (QED) is 0.598. The lowest BCUT2D eigenvalue weighted by molar-refractivity contribution is -0.151. The lowest BCUT2D eigenvalue weighted by Crippen LogP contribution is -2.44. The lowest BCUT2D eigenvalue weighted by atomic mass is 10.1. The molecule has 1 aliphatic heterocycles. The van der Waals surface area contributed by atoms with Gasteiger partial charge in [0.25, 0.3) is 11.5 Å². The van der Waals surface area contributed by atoms with E-state index in [0.717, 1.165) is 14.4 Å². The summed E-state index contributed by atoms with van der Waals surface area (Å²) in [6, 6.07) is 2.80. The van der Waals surface area contributed by atoms with Gasteiger partial charge in [0.15, 0.2) is 5.69 Å². The van der Waals surface area contributed by atoms with Crippen LogP contribution in [0.1, 0.15) is 46.4 Å². The number of likely N-dealkylation sites (N-methyl/N-ethyl adjacent to an activating group) is 2. The third-order valence-corrected chi connectivity index (χ3v) is 5.76. The number of aryl methyl sites for hydroxylation is 1. The van der Waals surface area contributed by atoms with Gasteiger partial charge in [0.2, 0.25) is 5.75 Å². The van der Waals surface area contributed by atoms with Gasteiger partial charge >= 0.3 is 11.8 Å². The number of hydrogen-bond donors (Lipinski definition) is 2. The highest BCUT2D eigenvalue weighted by molar-refractivity contribution is 6.34. The van der Waals surface area contributed by atoms with Crippen molar-refractivity contribution in [3.05, 3.63) is 57.0 Å². The summed E-state index contributed by atoms with van der Waals surface area (Å²) in [5, 5.41) is 13.1. The standard InChI is InChI=1S/C23H28FN5O6/c1-12-8-14(6-7-15(12)24)9-25-20(31)17-18(30)21(32)29-13(2)10-35-11-16(19(29)26-17)28(5)23(34)22(33)27(3)4/h6-8,13,16,30H,9-11H2,1-5H3,(H,25,31)/t13-,16-/m1/s1. The van der Waals surface area contributed by atoms with Crippen molar-refractivity contribution in [1.82, 2.24) is 24.7 Å². The van der Waals surface area contributed by atoms with Gasteiger partial charge in [0, 0.05) is 27.7 Å². The Morgan fingerprint density at radius 3 is 2.54 bits per heavy atom. The van der Waals surface area contributed by atoms with Gasteiger partial charge in [-0.05, 0) is 31.0 Å². The summed E-state index contributed by atoms with van der Waals surface area (Å²) in [6.45, 7) is 3.25. The van der Waals surface area contributed by atoms with E-state index < -0.39 is 46.8 Å². The Kier molecular flexibility index (Phi) is 7.54. The number of hydrogen-bond acceptors (Lipinski definition) is 7. The molecule has 0 aliphatic carbocycles. The van der Waals surface area contributed by atoms with Crippen molar-refractivity contribution < 1.29 is 28.6 Å². The fourth-order valence-corrected chi connectivity index (χ4v) is 3.71. The number of carbonyl (C=O) groups excluding carboxylic acids is 3. The topological polar surface area (TPSA) is 134 Å². The monoisotopic (exact) mass is 489 g/mol. The van der Waals surface area contributed by atoms with E-state index in [4.69, 9.17) is 4.74 Å². The Labute approximate surface area is 201 Å². The number of halogens is 1. The van der Waals surface area contributed by atoms with Crippen LogP contribution in [-0.4, -0.2) is 76.5 Å². The van der Waals surface area contributed by atoms with Crippen LogP contribution in [0.15, 0.2) is 23.0 Å². The minimum atomic E-state index is -0.976. The van der Waals surface area contributed by atoms with Gasteiger partial charge < -0.3 is 25.0 Å². The van der Waals surface area contributed by atoms with E-state index >= 15 is 0 Å². The van der Waals surface area contributed by atoms with E-state index in [-0.39, 0.29) is 31.4 Å². The molecule has 3 rings (SSSR count). The van der Waals surface area contributed by atoms with E-state index in [2.05, 4.69) is 10.3 Å². The normalized spacial score (nSPS) is 17.2. The molecule has 35 heavy (non-hydrogen) atoms. The molecule has 2 atom stereocenters. The van der Waals surface area contributed by atoms with Gasteiger partial charge in [-0.3, -0.25) is 23.7 Å². The number of aromatic nitrogens is 2. The first-order chi connectivity index (χ1) is 16.4. The van der Waals surface area contributed by atoms with Crippen LogP contribution in [0.4, 0.5) is 4.39 Å². The molecule has 0 bridgehead atoms. The van der Waals surface area contributed by atoms with E-state index in [1.165, 1.54) is 33.3 Å². The molecule has 0 spiro atoms. The molecule has 0 saturated heterocycles. The van der Waals surface area contributed by atoms with E-state index in [0.29, 0.717) is 11.1 Å². The van der Waals surface area contributed by atoms with Crippen LogP contribution in [0.5, 0.6) is 5.75 Å². The van der Waals surface area contributed by atoms with Crippen LogP contribution in [0, 0.1) is 12.7 Å². The molecule has 11 nitrogen and oxygen atoms in total. The Bertz CT molecular complexity index is 1230. The number of benzene rings is 1. The van der Waals surface area contributed by atoms with Gasteiger partial charge in [-0.2, -0.15) is 0 Å². The highest BCUT2D eigenvalue weighted by atomic mass is 19.1. The number of ether oxygens (including phenoxy) is 1. The van der Waals surface area contributed by atoms with Crippen LogP contribution in [0.3, 0.4) is 0 Å². The molecule has 1 aliphatic rings. The number of rotatable bonds is 4. The average molecular weight is 490 g/mol. The molecule has 3 amide bonds. The first-order valence-electron chi connectivity index (χ1n) is 10.9. The summed E-state index contributed by atoms with van der Waals surface area (Å²) in [5.74, 6) is -3.71. The largest absolute Gasteiger partial charge is 0.501 e. The minimum Gasteiger partial charge on any atom is -0.501 e. The second kappa shape index (κ2) is 10.2. The number of aromatic hydroxyl groups is 1. The highest BCUT2D eigenvalue weighted by Gasteiger charge is 2.36. The zero-order valence-electron chi connectivity index (χ0n) is 20.2. The molecule has 188 valence electrons. The Balaban J connectivity index is 1.99. The van der Waals surface area contributed by atoms with Crippen molar-refractivity contribution in [2.75, 3.05) is 34.4 Å². The van der Waals surface area contributed by atoms with Crippen LogP contribution >= 0.6 is 0 Å². The van der Waals surface area contributed by atoms with Crippen LogP contribution < -0.4 is 10.9 Å². The molecule has 0 radical (unpaired) electrons. The molecule has 0 unspecified atom stereocenters. The van der Waals surface area contributed by atoms with Crippen molar-refractivity contribution in [3.63, 3.8) is 0 Å². The summed E-state index contributed by atoms with van der Waals surface area (Å²) in [4.78, 5) is 57.3. The van der Waals surface area contributed by atoms with Crippen molar-refractivity contribution in [1.29, 1.82) is 0 Å². The summed E-state index contributed by atoms with van der Waals surface area (Å²) < 4.78 is 20.3. The number of carbonyl (C=O) groups is 3. The number of nitrogens with zero attached hydrogens (tertiary/aromatic N) is 4. The number of amides is 3. The molecule has 2 aromatic rings. The lowest BCUT2D eigenvalue weighted by Gasteiger charge is -2.28. The van der Waals surface area contributed by atoms with E-state index in [1.54, 1.807) is 19.9 Å². The maximum absolute atomic E-state index is 13.5. The number of fused-ring (bicyclic) bond motifs is 1. The fourth-order valence-electron chi connectivity index (χ4n) is 3.71. The maximum atomic E-state index is 13.5. The summed E-state index contributed by atoms with van der Waals surface area (Å²) in [5.41, 5.74) is -0.395. The highest BCUT2D eigenvalue weighted by Crippen LogP contribution is 2.26. The molecular formula is C23H28FN5O6. The molecule has 1 aromatic carbocycles. The molecule has 0 saturated carbocycles. The van der Waals surface area contributed by atoms with Gasteiger partial charge in [-0.1, -0.05) is 12.1 Å². The Morgan fingerprint density at radius 2 is 1.91 bits per heavy atom. The van der Waals surface area contributed by atoms with Crippen molar-refractivity contribution in [3.8, 4) is 5.75 Å². The first-order valence-corrected chi connectivity index (χ1v) is 10.9. The molecular weight excluding hydrogens is 461 g/mol. The van der Waals surface area contributed by atoms with Crippen molar-refractivity contribution in [2.45, 2.75) is 32.5 Å². The van der Waals surface area contributed by atoms with Gasteiger partial charge in [0.1, 0.15) is 17.7 Å². The van der Waals surface area contributed by atoms with Gasteiger partial charge in [-0.25, -0.2) is 9.37 Å². The second-order valence-corrected chi connectivity index (χ2v) is 8.63. The third kappa shape index (κ3) is 5.16. The Hall–Kier alpha value is -3.80. The van der Waals surface area contributed by atoms with Gasteiger partial charge in [0.05, 0.1) is 19.3 Å². The predicted octanol–water partition coefficient (Wildman–Crippen LogP) is 0.505. The predicted molar refractivity (Wildman–Crippen MR) is 122 cm³/mol. The molecule has 2 N–H and O–H groups in total. The second-order valence-electron chi connectivity index (χ2n) is 8.63. The zero-order chi connectivity index (χ0) is 26.0. The summed E-state index contributed by atoms with van der Waals surface area (Å²) in [7, 11) is 4.23. The van der Waals surface area contributed by atoms with Crippen molar-refractivity contribution >= 4 is 17.7 Å². The van der Waals surface area contributed by atoms with Crippen LogP contribution in [0.2, 0.25) is 0 Å². The Morgan fingerprint density at radius 1 is 1.23 bits per heavy atom. The summed E-state index contributed by atoms with van der Waals surface area (Å²) >= 11 is 0. The molecule has 12 heteroatoms. The van der Waals surface area contributed by atoms with Gasteiger partial charge in [-0.15, -0.1) is 0 Å². The van der Waals surface area contributed by atoms with Crippen LogP contribution in [-0.2, 0) is 20.9 Å². The smallest absolute Gasteiger partial charge is 0.312 e. The third-order valence-electron chi connectivity index (χ3n) is 5.76. The fraction of sp³-hybridized carbons (Fsp3) is 0.435. The van der Waals surface area contributed by atoms with E-state index in [9.17, 15) is 28.7 Å². The number of nitrogens with one attached hydrogen (secondary N) is 1. The first kappa shape index (κ1) is 25.8. The average Bonchev–Trinajstić information content (AvgIpc) is 2.98. The van der Waals surface area contributed by atoms with E-state index in [1.807, 2.05) is 0 Å². The summed E-state index contributed by atoms with van der Waals surface area (Å²) in [6.07, 6.45) is 0. The minimum absolute atomic E-state index is 0.00183. The van der Waals surface area contributed by atoms with Crippen LogP contribution in [0.25, 0.3) is 0 Å².